The summed E-state index contributed by atoms with van der Waals surface area (Å²) < 4.78 is 0. The van der Waals surface area contributed by atoms with Crippen LogP contribution in [0.1, 0.15) is 27.3 Å². The second-order valence-corrected chi connectivity index (χ2v) is 5.63. The highest BCUT2D eigenvalue weighted by molar-refractivity contribution is 5.92. The Morgan fingerprint density at radius 2 is 1.84 bits per heavy atom. The smallest absolute Gasteiger partial charge is 0.270 e. The minimum atomic E-state index is -0.233. The normalized spacial score (nSPS) is 10.3. The number of benzene rings is 1. The van der Waals surface area contributed by atoms with E-state index in [1.807, 2.05) is 49.4 Å². The number of aryl methyl sites for hydroxylation is 1. The van der Waals surface area contributed by atoms with E-state index in [1.165, 1.54) is 11.9 Å². The minimum absolute atomic E-state index is 0.233. The fourth-order valence-corrected chi connectivity index (χ4v) is 2.24. The number of hydrogen-bond donors (Lipinski definition) is 2. The summed E-state index contributed by atoms with van der Waals surface area (Å²) in [5.41, 5.74) is 3.45. The predicted octanol–water partition coefficient (Wildman–Crippen LogP) is 2.72. The molecule has 0 spiro atoms. The molecular formula is C19H19N5O. The number of anilines is 1. The molecule has 6 nitrogen and oxygen atoms in total. The zero-order valence-electron chi connectivity index (χ0n) is 13.9. The molecule has 3 rings (SSSR count). The van der Waals surface area contributed by atoms with Gasteiger partial charge in [-0.25, -0.2) is 9.97 Å². The monoisotopic (exact) mass is 333 g/mol. The van der Waals surface area contributed by atoms with Crippen LogP contribution in [0.5, 0.6) is 0 Å². The number of carbonyl (C=O) groups excluding carboxylic acids is 1. The molecule has 2 aromatic heterocycles. The fraction of sp³-hybridized carbons (Fsp3) is 0.158. The third-order valence-electron chi connectivity index (χ3n) is 3.65. The van der Waals surface area contributed by atoms with Crippen molar-refractivity contribution >= 4 is 11.7 Å². The second kappa shape index (κ2) is 8.01. The van der Waals surface area contributed by atoms with Crippen molar-refractivity contribution in [2.45, 2.75) is 20.0 Å². The topological polar surface area (TPSA) is 79.8 Å². The summed E-state index contributed by atoms with van der Waals surface area (Å²) in [5, 5.41) is 6.01. The van der Waals surface area contributed by atoms with Crippen LogP contribution in [0.4, 0.5) is 5.82 Å². The van der Waals surface area contributed by atoms with Gasteiger partial charge in [-0.3, -0.25) is 9.78 Å². The molecule has 2 N–H and O–H groups in total. The Morgan fingerprint density at radius 1 is 1.00 bits per heavy atom. The van der Waals surface area contributed by atoms with Crippen LogP contribution in [-0.2, 0) is 13.1 Å². The first-order chi connectivity index (χ1) is 12.2. The van der Waals surface area contributed by atoms with Crippen molar-refractivity contribution in [3.8, 4) is 0 Å². The SMILES string of the molecule is Cc1ccc(CNC(=O)c2cc(NCc3ccccn3)ncn2)cc1. The Balaban J connectivity index is 1.58. The maximum atomic E-state index is 12.3. The van der Waals surface area contributed by atoms with Crippen molar-refractivity contribution in [1.29, 1.82) is 0 Å². The molecule has 0 aliphatic heterocycles. The number of hydrogen-bond acceptors (Lipinski definition) is 5. The van der Waals surface area contributed by atoms with Crippen LogP contribution < -0.4 is 10.6 Å². The first-order valence-electron chi connectivity index (χ1n) is 8.00. The summed E-state index contributed by atoms with van der Waals surface area (Å²) in [5.74, 6) is 0.352. The molecule has 0 bridgehead atoms. The average molecular weight is 333 g/mol. The number of aromatic nitrogens is 3. The minimum Gasteiger partial charge on any atom is -0.364 e. The standard InChI is InChI=1S/C19H19N5O/c1-14-5-7-15(8-6-14)11-22-19(25)17-10-18(24-13-23-17)21-12-16-4-2-3-9-20-16/h2-10,13H,11-12H2,1H3,(H,22,25)(H,21,23,24). The molecule has 0 unspecified atom stereocenters. The quantitative estimate of drug-likeness (QED) is 0.725. The Kier molecular flexibility index (Phi) is 5.31. The van der Waals surface area contributed by atoms with Gasteiger partial charge in [0, 0.05) is 18.8 Å². The van der Waals surface area contributed by atoms with Crippen LogP contribution >= 0.6 is 0 Å². The fourth-order valence-electron chi connectivity index (χ4n) is 2.24. The van der Waals surface area contributed by atoms with Crippen LogP contribution in [0, 0.1) is 6.92 Å². The molecule has 6 heteroatoms. The molecule has 1 amide bonds. The molecule has 25 heavy (non-hydrogen) atoms. The van der Waals surface area contributed by atoms with Gasteiger partial charge < -0.3 is 10.6 Å². The maximum absolute atomic E-state index is 12.3. The van der Waals surface area contributed by atoms with E-state index in [-0.39, 0.29) is 5.91 Å². The van der Waals surface area contributed by atoms with Crippen LogP contribution in [0.15, 0.2) is 61.1 Å². The van der Waals surface area contributed by atoms with Crippen molar-refractivity contribution in [3.05, 3.63) is 83.6 Å². The van der Waals surface area contributed by atoms with E-state index >= 15 is 0 Å². The molecule has 0 radical (unpaired) electrons. The van der Waals surface area contributed by atoms with Crippen LogP contribution in [-0.4, -0.2) is 20.9 Å². The molecule has 1 aromatic carbocycles. The summed E-state index contributed by atoms with van der Waals surface area (Å²) in [6.07, 6.45) is 3.11. The average Bonchev–Trinajstić information content (AvgIpc) is 2.67. The molecule has 0 saturated heterocycles. The lowest BCUT2D eigenvalue weighted by Gasteiger charge is -2.08. The Labute approximate surface area is 146 Å². The molecule has 0 fully saturated rings. The predicted molar refractivity (Wildman–Crippen MR) is 95.9 cm³/mol. The van der Waals surface area contributed by atoms with Gasteiger partial charge in [0.1, 0.15) is 17.8 Å². The summed E-state index contributed by atoms with van der Waals surface area (Å²) in [6, 6.07) is 15.4. The highest BCUT2D eigenvalue weighted by Crippen LogP contribution is 2.07. The van der Waals surface area contributed by atoms with Crippen LogP contribution in [0.3, 0.4) is 0 Å². The van der Waals surface area contributed by atoms with Crippen LogP contribution in [0.2, 0.25) is 0 Å². The van der Waals surface area contributed by atoms with E-state index in [9.17, 15) is 4.79 Å². The first-order valence-corrected chi connectivity index (χ1v) is 8.00. The number of carbonyl (C=O) groups is 1. The third kappa shape index (κ3) is 4.84. The number of amides is 1. The molecule has 0 aliphatic carbocycles. The van der Waals surface area contributed by atoms with Crippen molar-refractivity contribution in [3.63, 3.8) is 0 Å². The molecular weight excluding hydrogens is 314 g/mol. The zero-order valence-corrected chi connectivity index (χ0v) is 13.9. The highest BCUT2D eigenvalue weighted by Gasteiger charge is 2.08. The van der Waals surface area contributed by atoms with E-state index < -0.39 is 0 Å². The van der Waals surface area contributed by atoms with Crippen LogP contribution in [0.25, 0.3) is 0 Å². The van der Waals surface area contributed by atoms with Gasteiger partial charge in [-0.05, 0) is 24.6 Å². The summed E-state index contributed by atoms with van der Waals surface area (Å²) in [7, 11) is 0. The zero-order chi connectivity index (χ0) is 17.5. The molecule has 0 atom stereocenters. The molecule has 0 saturated carbocycles. The van der Waals surface area contributed by atoms with Crippen molar-refractivity contribution in [2.24, 2.45) is 0 Å². The van der Waals surface area contributed by atoms with Gasteiger partial charge in [0.15, 0.2) is 0 Å². The number of rotatable bonds is 6. The van der Waals surface area contributed by atoms with Crippen molar-refractivity contribution < 1.29 is 4.79 Å². The van der Waals surface area contributed by atoms with Gasteiger partial charge >= 0.3 is 0 Å². The van der Waals surface area contributed by atoms with Gasteiger partial charge in [0.25, 0.3) is 5.91 Å². The first kappa shape index (κ1) is 16.6. The van der Waals surface area contributed by atoms with Gasteiger partial charge in [0.05, 0.1) is 12.2 Å². The van der Waals surface area contributed by atoms with Crippen molar-refractivity contribution in [2.75, 3.05) is 5.32 Å². The molecule has 126 valence electrons. The van der Waals surface area contributed by atoms with Gasteiger partial charge in [-0.1, -0.05) is 35.9 Å². The molecule has 2 heterocycles. The van der Waals surface area contributed by atoms with E-state index in [4.69, 9.17) is 0 Å². The summed E-state index contributed by atoms with van der Waals surface area (Å²) >= 11 is 0. The van der Waals surface area contributed by atoms with Crippen molar-refractivity contribution in [1.82, 2.24) is 20.3 Å². The lowest BCUT2D eigenvalue weighted by atomic mass is 10.1. The van der Waals surface area contributed by atoms with E-state index in [0.29, 0.717) is 24.6 Å². The largest absolute Gasteiger partial charge is 0.364 e. The lowest BCUT2D eigenvalue weighted by Crippen LogP contribution is -2.24. The number of nitrogens with one attached hydrogen (secondary N) is 2. The number of pyridine rings is 1. The highest BCUT2D eigenvalue weighted by atomic mass is 16.1. The van der Waals surface area contributed by atoms with Gasteiger partial charge in [-0.15, -0.1) is 0 Å². The van der Waals surface area contributed by atoms with E-state index in [1.54, 1.807) is 12.3 Å². The summed E-state index contributed by atoms with van der Waals surface area (Å²) in [4.78, 5) is 24.7. The van der Waals surface area contributed by atoms with Gasteiger partial charge in [-0.2, -0.15) is 0 Å². The number of nitrogens with zero attached hydrogens (tertiary/aromatic N) is 3. The third-order valence-corrected chi connectivity index (χ3v) is 3.65. The summed E-state index contributed by atoms with van der Waals surface area (Å²) in [6.45, 7) is 3.02. The Hall–Kier alpha value is -3.28. The Bertz CT molecular complexity index is 834. The lowest BCUT2D eigenvalue weighted by molar-refractivity contribution is 0.0946. The maximum Gasteiger partial charge on any atom is 0.270 e. The second-order valence-electron chi connectivity index (χ2n) is 5.63. The van der Waals surface area contributed by atoms with Gasteiger partial charge in [0.2, 0.25) is 0 Å². The van der Waals surface area contributed by atoms with E-state index in [2.05, 4.69) is 25.6 Å². The molecule has 3 aromatic rings. The molecule has 0 aliphatic rings. The van der Waals surface area contributed by atoms with E-state index in [0.717, 1.165) is 11.3 Å². The Morgan fingerprint density at radius 3 is 2.60 bits per heavy atom.